The molecular weight excluding hydrogens is 322 g/mol. The van der Waals surface area contributed by atoms with E-state index < -0.39 is 0 Å². The predicted molar refractivity (Wildman–Crippen MR) is 91.3 cm³/mol. The molecule has 0 unspecified atom stereocenters. The van der Waals surface area contributed by atoms with E-state index in [-0.39, 0.29) is 23.6 Å². The zero-order chi connectivity index (χ0) is 18.0. The molecular formula is C18H19N3O4. The number of Topliss-reactive ketones (excluding diaryl/α,β-unsaturated/α-hetero) is 1. The Hall–Kier alpha value is -2.96. The van der Waals surface area contributed by atoms with Crippen molar-refractivity contribution in [2.45, 2.75) is 25.7 Å². The molecule has 1 heterocycles. The summed E-state index contributed by atoms with van der Waals surface area (Å²) in [6.45, 7) is 1.39. The minimum Gasteiger partial charge on any atom is -0.497 e. The van der Waals surface area contributed by atoms with Crippen LogP contribution >= 0.6 is 0 Å². The molecule has 0 radical (unpaired) electrons. The molecule has 1 aromatic carbocycles. The van der Waals surface area contributed by atoms with Crippen LogP contribution in [0, 0.1) is 0 Å². The van der Waals surface area contributed by atoms with Gasteiger partial charge in [0.2, 0.25) is 11.9 Å². The maximum absolute atomic E-state index is 12.5. The van der Waals surface area contributed by atoms with Crippen molar-refractivity contribution >= 4 is 17.6 Å². The van der Waals surface area contributed by atoms with Crippen molar-refractivity contribution < 1.29 is 19.1 Å². The number of hydrogen-bond acceptors (Lipinski definition) is 6. The summed E-state index contributed by atoms with van der Waals surface area (Å²) >= 11 is 0. The molecule has 1 N–H and O–H groups in total. The number of methoxy groups -OCH3 is 2. The molecule has 7 heteroatoms. The van der Waals surface area contributed by atoms with Gasteiger partial charge in [0.1, 0.15) is 11.5 Å². The fourth-order valence-electron chi connectivity index (χ4n) is 3.04. The summed E-state index contributed by atoms with van der Waals surface area (Å²) in [5.41, 5.74) is 2.08. The molecule has 0 bridgehead atoms. The maximum atomic E-state index is 12.5. The first kappa shape index (κ1) is 16.9. The zero-order valence-electron chi connectivity index (χ0n) is 14.3. The molecule has 1 aliphatic rings. The average Bonchev–Trinajstić information content (AvgIpc) is 2.60. The quantitative estimate of drug-likeness (QED) is 0.918. The van der Waals surface area contributed by atoms with Crippen LogP contribution < -0.4 is 14.8 Å². The van der Waals surface area contributed by atoms with Crippen LogP contribution in [0.5, 0.6) is 11.5 Å². The predicted octanol–water partition coefficient (Wildman–Crippen LogP) is 2.36. The number of hydrogen-bond donors (Lipinski definition) is 1. The molecule has 0 spiro atoms. The standard InChI is InChI=1S/C18H19N3O4/c1-10(22)20-18-19-9-14-15(21-18)6-11(7-16(14)23)13-5-4-12(24-2)8-17(13)25-3/h4-5,8-9,11H,6-7H2,1-3H3,(H,19,20,21,22)/t11-/m0/s1. The molecule has 7 nitrogen and oxygen atoms in total. The second-order valence-electron chi connectivity index (χ2n) is 5.87. The Morgan fingerprint density at radius 1 is 1.24 bits per heavy atom. The Labute approximate surface area is 145 Å². The number of benzene rings is 1. The van der Waals surface area contributed by atoms with Gasteiger partial charge in [-0.15, -0.1) is 0 Å². The van der Waals surface area contributed by atoms with Crippen molar-refractivity contribution in [1.29, 1.82) is 0 Å². The molecule has 2 aromatic rings. The van der Waals surface area contributed by atoms with Crippen molar-refractivity contribution in [2.24, 2.45) is 0 Å². The maximum Gasteiger partial charge on any atom is 0.229 e. The highest BCUT2D eigenvalue weighted by atomic mass is 16.5. The van der Waals surface area contributed by atoms with Gasteiger partial charge < -0.3 is 9.47 Å². The Morgan fingerprint density at radius 2 is 2.04 bits per heavy atom. The molecule has 0 fully saturated rings. The number of ether oxygens (including phenoxy) is 2. The van der Waals surface area contributed by atoms with Gasteiger partial charge >= 0.3 is 0 Å². The Morgan fingerprint density at radius 3 is 2.72 bits per heavy atom. The number of rotatable bonds is 4. The van der Waals surface area contributed by atoms with E-state index in [1.807, 2.05) is 12.1 Å². The summed E-state index contributed by atoms with van der Waals surface area (Å²) < 4.78 is 10.7. The van der Waals surface area contributed by atoms with Crippen molar-refractivity contribution in [1.82, 2.24) is 9.97 Å². The fourth-order valence-corrected chi connectivity index (χ4v) is 3.04. The minimum absolute atomic E-state index is 0.0153. The third-order valence-electron chi connectivity index (χ3n) is 4.21. The minimum atomic E-state index is -0.254. The summed E-state index contributed by atoms with van der Waals surface area (Å²) in [7, 11) is 3.18. The Kier molecular flexibility index (Phi) is 4.65. The zero-order valence-corrected chi connectivity index (χ0v) is 14.3. The third kappa shape index (κ3) is 3.45. The molecule has 1 aliphatic carbocycles. The Bertz CT molecular complexity index is 835. The number of carbonyl (C=O) groups is 2. The fraction of sp³-hybridized carbons (Fsp3) is 0.333. The van der Waals surface area contributed by atoms with Gasteiger partial charge in [-0.1, -0.05) is 6.07 Å². The van der Waals surface area contributed by atoms with E-state index in [9.17, 15) is 9.59 Å². The van der Waals surface area contributed by atoms with Crippen molar-refractivity contribution in [3.05, 3.63) is 41.2 Å². The number of nitrogens with one attached hydrogen (secondary N) is 1. The molecule has 130 valence electrons. The normalized spacial score (nSPS) is 16.1. The van der Waals surface area contributed by atoms with Crippen LogP contribution in [-0.4, -0.2) is 35.9 Å². The van der Waals surface area contributed by atoms with Crippen LogP contribution in [0.3, 0.4) is 0 Å². The highest BCUT2D eigenvalue weighted by molar-refractivity contribution is 5.98. The number of nitrogens with zero attached hydrogens (tertiary/aromatic N) is 2. The van der Waals surface area contributed by atoms with E-state index >= 15 is 0 Å². The first-order chi connectivity index (χ1) is 12.0. The van der Waals surface area contributed by atoms with Gasteiger partial charge in [0.25, 0.3) is 0 Å². The highest BCUT2D eigenvalue weighted by Gasteiger charge is 2.30. The number of fused-ring (bicyclic) bond motifs is 1. The lowest BCUT2D eigenvalue weighted by atomic mass is 9.82. The van der Waals surface area contributed by atoms with Crippen LogP contribution in [0.25, 0.3) is 0 Å². The summed E-state index contributed by atoms with van der Waals surface area (Å²) in [5, 5.41) is 2.55. The van der Waals surface area contributed by atoms with E-state index in [2.05, 4.69) is 15.3 Å². The number of aromatic nitrogens is 2. The monoisotopic (exact) mass is 341 g/mol. The van der Waals surface area contributed by atoms with Crippen LogP contribution in [-0.2, 0) is 11.2 Å². The number of ketones is 1. The van der Waals surface area contributed by atoms with E-state index in [0.717, 1.165) is 5.56 Å². The van der Waals surface area contributed by atoms with E-state index in [4.69, 9.17) is 9.47 Å². The smallest absolute Gasteiger partial charge is 0.229 e. The second-order valence-corrected chi connectivity index (χ2v) is 5.87. The van der Waals surface area contributed by atoms with Crippen LogP contribution in [0.2, 0.25) is 0 Å². The van der Waals surface area contributed by atoms with Gasteiger partial charge in [-0.3, -0.25) is 14.9 Å². The van der Waals surface area contributed by atoms with Crippen LogP contribution in [0.4, 0.5) is 5.95 Å². The largest absolute Gasteiger partial charge is 0.497 e. The summed E-state index contributed by atoms with van der Waals surface area (Å²) in [6, 6.07) is 5.56. The number of anilines is 1. The topological polar surface area (TPSA) is 90.4 Å². The first-order valence-corrected chi connectivity index (χ1v) is 7.90. The molecule has 0 saturated carbocycles. The second kappa shape index (κ2) is 6.88. The van der Waals surface area contributed by atoms with Crippen molar-refractivity contribution in [3.63, 3.8) is 0 Å². The molecule has 1 atom stereocenters. The van der Waals surface area contributed by atoms with Gasteiger partial charge in [0.15, 0.2) is 5.78 Å². The molecule has 1 aromatic heterocycles. The van der Waals surface area contributed by atoms with Crippen molar-refractivity contribution in [2.75, 3.05) is 19.5 Å². The van der Waals surface area contributed by atoms with Gasteiger partial charge in [0, 0.05) is 31.5 Å². The summed E-state index contributed by atoms with van der Waals surface area (Å²) in [5.74, 6) is 1.26. The van der Waals surface area contributed by atoms with E-state index in [0.29, 0.717) is 35.6 Å². The molecule has 25 heavy (non-hydrogen) atoms. The lowest BCUT2D eigenvalue weighted by Crippen LogP contribution is -2.22. The van der Waals surface area contributed by atoms with E-state index in [1.165, 1.54) is 13.1 Å². The Balaban J connectivity index is 1.95. The number of carbonyl (C=O) groups excluding carboxylic acids is 2. The van der Waals surface area contributed by atoms with Crippen LogP contribution in [0.1, 0.15) is 40.9 Å². The third-order valence-corrected chi connectivity index (χ3v) is 4.21. The SMILES string of the molecule is COc1ccc([C@@H]2CC(=O)c3cnc(NC(C)=O)nc3C2)c(OC)c1. The van der Waals surface area contributed by atoms with Gasteiger partial charge in [-0.05, 0) is 18.1 Å². The van der Waals surface area contributed by atoms with Gasteiger partial charge in [-0.25, -0.2) is 9.97 Å². The van der Waals surface area contributed by atoms with E-state index in [1.54, 1.807) is 20.3 Å². The van der Waals surface area contributed by atoms with Crippen molar-refractivity contribution in [3.8, 4) is 11.5 Å². The lowest BCUT2D eigenvalue weighted by Gasteiger charge is -2.25. The molecule has 0 aliphatic heterocycles. The summed E-state index contributed by atoms with van der Waals surface area (Å²) in [4.78, 5) is 32.1. The lowest BCUT2D eigenvalue weighted by molar-refractivity contribution is -0.114. The molecule has 3 rings (SSSR count). The average molecular weight is 341 g/mol. The highest BCUT2D eigenvalue weighted by Crippen LogP contribution is 2.38. The van der Waals surface area contributed by atoms with Gasteiger partial charge in [0.05, 0.1) is 25.5 Å². The number of amides is 1. The summed E-state index contributed by atoms with van der Waals surface area (Å²) in [6.07, 6.45) is 2.41. The first-order valence-electron chi connectivity index (χ1n) is 7.90. The molecule has 0 saturated heterocycles. The van der Waals surface area contributed by atoms with Gasteiger partial charge in [-0.2, -0.15) is 0 Å². The molecule has 1 amide bonds. The van der Waals surface area contributed by atoms with Crippen LogP contribution in [0.15, 0.2) is 24.4 Å².